The summed E-state index contributed by atoms with van der Waals surface area (Å²) in [5.74, 6) is 0. The number of nitrogens with one attached hydrogen (secondary N) is 1. The smallest absolute Gasteiger partial charge is 0.0708 e. The summed E-state index contributed by atoms with van der Waals surface area (Å²) in [4.78, 5) is 0. The van der Waals surface area contributed by atoms with Crippen molar-refractivity contribution in [2.75, 3.05) is 19.8 Å². The van der Waals surface area contributed by atoms with Gasteiger partial charge in [0.25, 0.3) is 0 Å². The Kier molecular flexibility index (Phi) is 4.16. The number of hydrogen-bond donors (Lipinski definition) is 1. The molecule has 2 atom stereocenters. The monoisotopic (exact) mass is 267 g/mol. The molecule has 0 amide bonds. The molecule has 0 aromatic rings. The molecule has 110 valence electrons. The van der Waals surface area contributed by atoms with E-state index >= 15 is 0 Å². The summed E-state index contributed by atoms with van der Waals surface area (Å²) < 4.78 is 12.0. The van der Waals surface area contributed by atoms with Gasteiger partial charge in [0.2, 0.25) is 0 Å². The van der Waals surface area contributed by atoms with Crippen molar-refractivity contribution in [3.8, 4) is 0 Å². The molecule has 2 saturated heterocycles. The van der Waals surface area contributed by atoms with E-state index in [1.807, 2.05) is 0 Å². The van der Waals surface area contributed by atoms with Gasteiger partial charge in [0.1, 0.15) is 0 Å². The lowest BCUT2D eigenvalue weighted by molar-refractivity contribution is -0.0667. The van der Waals surface area contributed by atoms with Gasteiger partial charge in [-0.3, -0.25) is 0 Å². The van der Waals surface area contributed by atoms with Crippen molar-refractivity contribution in [2.45, 2.75) is 82.0 Å². The SMILES string of the molecule is CC1(NCC2CCC3(CCCCC3)O2)CCCOC1. The van der Waals surface area contributed by atoms with E-state index < -0.39 is 0 Å². The highest BCUT2D eigenvalue weighted by molar-refractivity contribution is 4.93. The van der Waals surface area contributed by atoms with Crippen LogP contribution in [0.3, 0.4) is 0 Å². The average Bonchev–Trinajstić information content (AvgIpc) is 2.82. The van der Waals surface area contributed by atoms with Crippen molar-refractivity contribution in [1.82, 2.24) is 5.32 Å². The first-order chi connectivity index (χ1) is 9.20. The number of rotatable bonds is 3. The second-order valence-electron chi connectivity index (χ2n) is 7.12. The van der Waals surface area contributed by atoms with E-state index in [1.165, 1.54) is 57.8 Å². The summed E-state index contributed by atoms with van der Waals surface area (Å²) in [5.41, 5.74) is 0.429. The summed E-state index contributed by atoms with van der Waals surface area (Å²) in [5, 5.41) is 3.71. The summed E-state index contributed by atoms with van der Waals surface area (Å²) in [6.45, 7) is 5.07. The van der Waals surface area contributed by atoms with Gasteiger partial charge in [0.15, 0.2) is 0 Å². The van der Waals surface area contributed by atoms with Gasteiger partial charge in [-0.05, 0) is 45.4 Å². The van der Waals surface area contributed by atoms with Crippen LogP contribution in [-0.4, -0.2) is 37.0 Å². The maximum absolute atomic E-state index is 6.42. The van der Waals surface area contributed by atoms with Crippen LogP contribution in [0, 0.1) is 0 Å². The largest absolute Gasteiger partial charge is 0.380 e. The molecule has 0 bridgehead atoms. The van der Waals surface area contributed by atoms with Crippen LogP contribution in [0.5, 0.6) is 0 Å². The lowest BCUT2D eigenvalue weighted by Crippen LogP contribution is -2.51. The molecule has 2 aliphatic heterocycles. The molecule has 2 heterocycles. The zero-order chi connectivity index (χ0) is 13.2. The molecule has 1 N–H and O–H groups in total. The summed E-state index contributed by atoms with van der Waals surface area (Å²) in [7, 11) is 0. The van der Waals surface area contributed by atoms with Crippen molar-refractivity contribution in [1.29, 1.82) is 0 Å². The van der Waals surface area contributed by atoms with E-state index in [-0.39, 0.29) is 11.1 Å². The number of hydrogen-bond acceptors (Lipinski definition) is 3. The van der Waals surface area contributed by atoms with Crippen LogP contribution < -0.4 is 5.32 Å². The predicted molar refractivity (Wildman–Crippen MR) is 76.4 cm³/mol. The van der Waals surface area contributed by atoms with Crippen molar-refractivity contribution in [3.63, 3.8) is 0 Å². The molecular weight excluding hydrogens is 238 g/mol. The molecule has 3 nitrogen and oxygen atoms in total. The fourth-order valence-corrected chi connectivity index (χ4v) is 4.04. The minimum Gasteiger partial charge on any atom is -0.380 e. The second-order valence-corrected chi connectivity index (χ2v) is 7.12. The predicted octanol–water partition coefficient (Wildman–Crippen LogP) is 3.03. The van der Waals surface area contributed by atoms with Crippen molar-refractivity contribution in [3.05, 3.63) is 0 Å². The minimum absolute atomic E-state index is 0.171. The molecule has 1 aliphatic carbocycles. The highest BCUT2D eigenvalue weighted by Gasteiger charge is 2.41. The van der Waals surface area contributed by atoms with E-state index in [1.54, 1.807) is 0 Å². The van der Waals surface area contributed by atoms with E-state index in [2.05, 4.69) is 12.2 Å². The van der Waals surface area contributed by atoms with Crippen molar-refractivity contribution < 1.29 is 9.47 Å². The molecule has 3 heteroatoms. The molecule has 3 aliphatic rings. The fourth-order valence-electron chi connectivity index (χ4n) is 4.04. The van der Waals surface area contributed by atoms with E-state index in [4.69, 9.17) is 9.47 Å². The quantitative estimate of drug-likeness (QED) is 0.852. The summed E-state index contributed by atoms with van der Waals surface area (Å²) >= 11 is 0. The minimum atomic E-state index is 0.171. The van der Waals surface area contributed by atoms with Crippen molar-refractivity contribution >= 4 is 0 Å². The maximum atomic E-state index is 6.42. The van der Waals surface area contributed by atoms with Crippen LogP contribution in [0.1, 0.15) is 64.7 Å². The van der Waals surface area contributed by atoms with E-state index in [9.17, 15) is 0 Å². The summed E-state index contributed by atoms with van der Waals surface area (Å²) in [6, 6.07) is 0. The Bertz CT molecular complexity index is 293. The third-order valence-corrected chi connectivity index (χ3v) is 5.30. The van der Waals surface area contributed by atoms with E-state index in [0.29, 0.717) is 6.10 Å². The Morgan fingerprint density at radius 1 is 1.05 bits per heavy atom. The molecule has 3 fully saturated rings. The van der Waals surface area contributed by atoms with Crippen LogP contribution in [0.4, 0.5) is 0 Å². The molecule has 3 rings (SSSR count). The average molecular weight is 267 g/mol. The Hall–Kier alpha value is -0.120. The molecule has 2 unspecified atom stereocenters. The molecular formula is C16H29NO2. The Labute approximate surface area is 117 Å². The first-order valence-corrected chi connectivity index (χ1v) is 8.20. The fraction of sp³-hybridized carbons (Fsp3) is 1.00. The van der Waals surface area contributed by atoms with Crippen LogP contribution in [0.2, 0.25) is 0 Å². The highest BCUT2D eigenvalue weighted by atomic mass is 16.5. The lowest BCUT2D eigenvalue weighted by Gasteiger charge is -2.36. The van der Waals surface area contributed by atoms with Gasteiger partial charge < -0.3 is 14.8 Å². The first kappa shape index (κ1) is 13.8. The molecule has 1 spiro atoms. The zero-order valence-corrected chi connectivity index (χ0v) is 12.4. The third-order valence-electron chi connectivity index (χ3n) is 5.30. The van der Waals surface area contributed by atoms with E-state index in [0.717, 1.165) is 19.8 Å². The van der Waals surface area contributed by atoms with Gasteiger partial charge >= 0.3 is 0 Å². The normalized spacial score (nSPS) is 38.7. The van der Waals surface area contributed by atoms with Gasteiger partial charge in [0.05, 0.1) is 18.3 Å². The molecule has 0 aromatic carbocycles. The second kappa shape index (κ2) is 5.71. The standard InChI is InChI=1S/C16H29NO2/c1-15(7-5-11-18-13-15)17-12-14-6-10-16(19-14)8-3-2-4-9-16/h14,17H,2-13H2,1H3. The van der Waals surface area contributed by atoms with Gasteiger partial charge in [-0.1, -0.05) is 19.3 Å². The van der Waals surface area contributed by atoms with Crippen LogP contribution in [-0.2, 0) is 9.47 Å². The third kappa shape index (κ3) is 3.32. The van der Waals surface area contributed by atoms with Gasteiger partial charge in [0, 0.05) is 18.7 Å². The first-order valence-electron chi connectivity index (χ1n) is 8.20. The topological polar surface area (TPSA) is 30.5 Å². The Balaban J connectivity index is 1.46. The number of ether oxygens (including phenoxy) is 2. The molecule has 0 aromatic heterocycles. The van der Waals surface area contributed by atoms with Crippen molar-refractivity contribution in [2.24, 2.45) is 0 Å². The maximum Gasteiger partial charge on any atom is 0.0708 e. The molecule has 19 heavy (non-hydrogen) atoms. The van der Waals surface area contributed by atoms with Gasteiger partial charge in [-0.2, -0.15) is 0 Å². The Morgan fingerprint density at radius 2 is 1.89 bits per heavy atom. The molecule has 0 radical (unpaired) electrons. The Morgan fingerprint density at radius 3 is 2.63 bits per heavy atom. The van der Waals surface area contributed by atoms with Crippen LogP contribution >= 0.6 is 0 Å². The highest BCUT2D eigenvalue weighted by Crippen LogP contribution is 2.41. The van der Waals surface area contributed by atoms with Crippen LogP contribution in [0.25, 0.3) is 0 Å². The van der Waals surface area contributed by atoms with Crippen LogP contribution in [0.15, 0.2) is 0 Å². The zero-order valence-electron chi connectivity index (χ0n) is 12.4. The van der Waals surface area contributed by atoms with Gasteiger partial charge in [-0.25, -0.2) is 0 Å². The summed E-state index contributed by atoms with van der Waals surface area (Å²) in [6.07, 6.45) is 12.1. The lowest BCUT2D eigenvalue weighted by atomic mass is 9.83. The molecule has 1 saturated carbocycles. The van der Waals surface area contributed by atoms with Gasteiger partial charge in [-0.15, -0.1) is 0 Å².